The van der Waals surface area contributed by atoms with Crippen LogP contribution in [0.2, 0.25) is 0 Å². The summed E-state index contributed by atoms with van der Waals surface area (Å²) in [5, 5.41) is 14.6. The lowest BCUT2D eigenvalue weighted by Crippen LogP contribution is -3.00. The summed E-state index contributed by atoms with van der Waals surface area (Å²) in [5.41, 5.74) is 3.39. The second kappa shape index (κ2) is 8.78. The molecule has 5 nitrogen and oxygen atoms in total. The van der Waals surface area contributed by atoms with Crippen molar-refractivity contribution in [1.29, 1.82) is 0 Å². The predicted octanol–water partition coefficient (Wildman–Crippen LogP) is 0.178. The number of hydrogen-bond donors (Lipinski definition) is 2. The lowest BCUT2D eigenvalue weighted by atomic mass is 10.1. The highest BCUT2D eigenvalue weighted by Crippen LogP contribution is 2.18. The maximum atomic E-state index is 11.3. The number of nitrogens with one attached hydrogen (secondary N) is 2. The quantitative estimate of drug-likeness (QED) is 0.299. The molecule has 6 heteroatoms. The zero-order valence-electron chi connectivity index (χ0n) is 14.1. The normalized spacial score (nSPS) is 10.7. The zero-order valence-corrected chi connectivity index (χ0v) is 14.9. The lowest BCUT2D eigenvalue weighted by molar-refractivity contribution is -0.411. The van der Waals surface area contributed by atoms with E-state index < -0.39 is 4.92 Å². The minimum absolute atomic E-state index is 0. The molecule has 0 spiro atoms. The molecule has 0 aliphatic rings. The Morgan fingerprint density at radius 1 is 0.923 bits per heavy atom. The van der Waals surface area contributed by atoms with E-state index in [-0.39, 0.29) is 18.1 Å². The number of aryl methyl sites for hydroxylation is 1. The molecular formula is C20H18ClN3O2. The van der Waals surface area contributed by atoms with Crippen LogP contribution in [-0.4, -0.2) is 10.8 Å². The number of nitro groups is 1. The van der Waals surface area contributed by atoms with Gasteiger partial charge in [0, 0.05) is 6.07 Å². The largest absolute Gasteiger partial charge is 1.00 e. The van der Waals surface area contributed by atoms with Crippen molar-refractivity contribution in [2.75, 3.05) is 5.32 Å². The van der Waals surface area contributed by atoms with Crippen LogP contribution in [0.4, 0.5) is 17.1 Å². The fraction of sp³-hybridized carbons (Fsp3) is 0.0500. The average molecular weight is 368 g/mol. The van der Waals surface area contributed by atoms with Gasteiger partial charge in [-0.25, -0.2) is 10.3 Å². The van der Waals surface area contributed by atoms with E-state index in [1.807, 2.05) is 61.5 Å². The molecule has 0 aliphatic heterocycles. The first-order valence-electron chi connectivity index (χ1n) is 7.90. The molecule has 0 radical (unpaired) electrons. The van der Waals surface area contributed by atoms with Gasteiger partial charge in [-0.1, -0.05) is 48.5 Å². The van der Waals surface area contributed by atoms with Gasteiger partial charge in [-0.05, 0) is 36.8 Å². The summed E-state index contributed by atoms with van der Waals surface area (Å²) in [4.78, 5) is 14.1. The molecule has 0 unspecified atom stereocenters. The minimum Gasteiger partial charge on any atom is -1.00 e. The van der Waals surface area contributed by atoms with E-state index in [1.165, 1.54) is 6.07 Å². The maximum absolute atomic E-state index is 11.3. The average Bonchev–Trinajstić information content (AvgIpc) is 2.64. The van der Waals surface area contributed by atoms with Gasteiger partial charge in [0.05, 0.1) is 10.5 Å². The first-order chi connectivity index (χ1) is 12.1. The summed E-state index contributed by atoms with van der Waals surface area (Å²) in [5.74, 6) is 0.684. The Kier molecular flexibility index (Phi) is 6.47. The van der Waals surface area contributed by atoms with Gasteiger partial charge in [0.25, 0.3) is 5.84 Å². The third-order valence-electron chi connectivity index (χ3n) is 3.83. The molecule has 3 aromatic carbocycles. The Hall–Kier alpha value is -3.18. The molecule has 0 aliphatic carbocycles. The number of rotatable bonds is 4. The van der Waals surface area contributed by atoms with Gasteiger partial charge in [-0.3, -0.25) is 10.1 Å². The number of nitrogens with zero attached hydrogens (tertiary/aromatic N) is 1. The van der Waals surface area contributed by atoms with Crippen molar-refractivity contribution in [3.63, 3.8) is 0 Å². The Labute approximate surface area is 158 Å². The van der Waals surface area contributed by atoms with Gasteiger partial charge in [0.2, 0.25) is 5.69 Å². The third-order valence-corrected chi connectivity index (χ3v) is 3.83. The molecule has 26 heavy (non-hydrogen) atoms. The van der Waals surface area contributed by atoms with Crippen LogP contribution in [0.25, 0.3) is 0 Å². The number of nitro benzene ring substituents is 1. The monoisotopic (exact) mass is 367 g/mol. The highest BCUT2D eigenvalue weighted by atomic mass is 35.5. The number of amidine groups is 1. The van der Waals surface area contributed by atoms with Crippen LogP contribution in [0.5, 0.6) is 0 Å². The highest BCUT2D eigenvalue weighted by molar-refractivity contribution is 6.05. The Bertz CT molecular complexity index is 927. The Morgan fingerprint density at radius 3 is 2.23 bits per heavy atom. The molecule has 0 atom stereocenters. The van der Waals surface area contributed by atoms with E-state index in [2.05, 4.69) is 10.3 Å². The van der Waals surface area contributed by atoms with Crippen molar-refractivity contribution in [1.82, 2.24) is 0 Å². The number of anilines is 1. The molecule has 132 valence electrons. The van der Waals surface area contributed by atoms with E-state index in [0.29, 0.717) is 11.5 Å². The summed E-state index contributed by atoms with van der Waals surface area (Å²) in [6.07, 6.45) is 0. The van der Waals surface area contributed by atoms with Crippen LogP contribution in [0.15, 0.2) is 78.9 Å². The molecule has 2 N–H and O–H groups in total. The molecule has 0 fully saturated rings. The van der Waals surface area contributed by atoms with E-state index >= 15 is 0 Å². The fourth-order valence-electron chi connectivity index (χ4n) is 2.50. The van der Waals surface area contributed by atoms with Gasteiger partial charge in [0.15, 0.2) is 0 Å². The molecule has 0 saturated heterocycles. The summed E-state index contributed by atoms with van der Waals surface area (Å²) >= 11 is 0. The Balaban J connectivity index is 0.00000243. The lowest BCUT2D eigenvalue weighted by Gasteiger charge is -2.06. The maximum Gasteiger partial charge on any atom is 0.315 e. The second-order valence-corrected chi connectivity index (χ2v) is 5.58. The molecule has 0 saturated carbocycles. The van der Waals surface area contributed by atoms with Crippen molar-refractivity contribution >= 4 is 22.9 Å². The first-order valence-corrected chi connectivity index (χ1v) is 7.90. The number of hydrogen-bond acceptors (Lipinski definition) is 2. The number of halogens is 1. The van der Waals surface area contributed by atoms with E-state index in [0.717, 1.165) is 16.8 Å². The molecule has 0 amide bonds. The van der Waals surface area contributed by atoms with Crippen molar-refractivity contribution in [3.05, 3.63) is 100 Å². The van der Waals surface area contributed by atoms with Gasteiger partial charge < -0.3 is 12.4 Å². The summed E-state index contributed by atoms with van der Waals surface area (Å²) in [6, 6.07) is 24.2. The zero-order chi connectivity index (χ0) is 17.6. The number of benzene rings is 3. The molecule has 0 heterocycles. The SMILES string of the molecule is Cc1ccccc1NC(=[NH+]c1ccccc1[N+](=O)[O-])c1ccccc1.[Cl-]. The van der Waals surface area contributed by atoms with Gasteiger partial charge in [-0.15, -0.1) is 0 Å². The van der Waals surface area contributed by atoms with Crippen LogP contribution < -0.4 is 22.7 Å². The van der Waals surface area contributed by atoms with E-state index in [9.17, 15) is 10.1 Å². The van der Waals surface area contributed by atoms with Crippen molar-refractivity contribution in [3.8, 4) is 0 Å². The Morgan fingerprint density at radius 2 is 1.54 bits per heavy atom. The minimum atomic E-state index is -0.390. The fourth-order valence-corrected chi connectivity index (χ4v) is 2.50. The smallest absolute Gasteiger partial charge is 0.315 e. The van der Waals surface area contributed by atoms with Gasteiger partial charge in [0.1, 0.15) is 5.69 Å². The summed E-state index contributed by atoms with van der Waals surface area (Å²) in [7, 11) is 0. The van der Waals surface area contributed by atoms with Crippen LogP contribution in [0.1, 0.15) is 11.1 Å². The summed E-state index contributed by atoms with van der Waals surface area (Å²) in [6.45, 7) is 2.01. The molecule has 0 bridgehead atoms. The van der Waals surface area contributed by atoms with Crippen LogP contribution in [0.3, 0.4) is 0 Å². The van der Waals surface area contributed by atoms with Crippen molar-refractivity contribution in [2.24, 2.45) is 0 Å². The van der Waals surface area contributed by atoms with Crippen LogP contribution in [0, 0.1) is 17.0 Å². The van der Waals surface area contributed by atoms with E-state index in [1.54, 1.807) is 18.2 Å². The molecule has 3 aromatic rings. The van der Waals surface area contributed by atoms with Gasteiger partial charge in [-0.2, -0.15) is 0 Å². The molecular weight excluding hydrogens is 350 g/mol. The molecule has 0 aromatic heterocycles. The summed E-state index contributed by atoms with van der Waals surface area (Å²) < 4.78 is 0. The van der Waals surface area contributed by atoms with Crippen molar-refractivity contribution in [2.45, 2.75) is 6.92 Å². The predicted molar refractivity (Wildman–Crippen MR) is 99.1 cm³/mol. The van der Waals surface area contributed by atoms with Crippen LogP contribution in [-0.2, 0) is 0 Å². The highest BCUT2D eigenvalue weighted by Gasteiger charge is 2.18. The first kappa shape index (κ1) is 19.1. The number of para-hydroxylation sites is 3. The van der Waals surface area contributed by atoms with Crippen LogP contribution >= 0.6 is 0 Å². The second-order valence-electron chi connectivity index (χ2n) is 5.58. The van der Waals surface area contributed by atoms with Gasteiger partial charge >= 0.3 is 5.69 Å². The standard InChI is InChI=1S/C20H17N3O2.ClH/c1-15-9-5-6-12-17(15)21-20(16-10-3-2-4-11-16)22-18-13-7-8-14-19(18)23(24)25;/h2-14H,1H3,(H,21,22);1H. The van der Waals surface area contributed by atoms with E-state index in [4.69, 9.17) is 0 Å². The van der Waals surface area contributed by atoms with Crippen molar-refractivity contribution < 1.29 is 22.3 Å². The third kappa shape index (κ3) is 4.46. The topological polar surface area (TPSA) is 69.1 Å². The molecule has 3 rings (SSSR count).